The van der Waals surface area contributed by atoms with Gasteiger partial charge in [0.25, 0.3) is 16.3 Å². The van der Waals surface area contributed by atoms with Crippen molar-refractivity contribution in [1.82, 2.24) is 0 Å². The lowest BCUT2D eigenvalue weighted by Gasteiger charge is -2.33. The maximum atomic E-state index is 2.52. The monoisotopic (exact) mass is 516 g/mol. The Morgan fingerprint density at radius 3 is 2.20 bits per heavy atom. The highest BCUT2D eigenvalue weighted by molar-refractivity contribution is 14.1. The number of allylic oxidation sites excluding steroid dienone is 2. The van der Waals surface area contributed by atoms with E-state index >= 15 is 0 Å². The molecule has 0 aliphatic carbocycles. The van der Waals surface area contributed by atoms with Crippen LogP contribution in [0.4, 0.5) is 0 Å². The topological polar surface area (TPSA) is 0 Å². The molecule has 1 aliphatic rings. The molecule has 1 aliphatic heterocycles. The predicted octanol–water partition coefficient (Wildman–Crippen LogP) is 5.93. The van der Waals surface area contributed by atoms with Crippen LogP contribution >= 0.6 is 57.0 Å². The van der Waals surface area contributed by atoms with Crippen LogP contribution < -0.4 is 3.74 Å². The first-order valence-electron chi connectivity index (χ1n) is 8.74. The molecule has 0 saturated carbocycles. The molecule has 134 valence electrons. The molecule has 1 atom stereocenters. The molecule has 0 radical (unpaired) electrons. The van der Waals surface area contributed by atoms with E-state index in [4.69, 9.17) is 0 Å². The van der Waals surface area contributed by atoms with Crippen LogP contribution in [0.2, 0.25) is 0 Å². The van der Waals surface area contributed by atoms with Gasteiger partial charge in [0.2, 0.25) is 0 Å². The van der Waals surface area contributed by atoms with Crippen LogP contribution in [0.25, 0.3) is 0 Å². The van der Waals surface area contributed by atoms with Gasteiger partial charge in [-0.2, -0.15) is 11.3 Å². The predicted molar refractivity (Wildman–Crippen MR) is 129 cm³/mol. The van der Waals surface area contributed by atoms with Crippen molar-refractivity contribution in [3.63, 3.8) is 0 Å². The molecule has 0 nitrogen and oxygen atoms in total. The van der Waals surface area contributed by atoms with Crippen molar-refractivity contribution >= 4 is 77.1 Å². The number of halogens is 1. The van der Waals surface area contributed by atoms with Crippen LogP contribution in [0, 0.1) is 16.7 Å². The third kappa shape index (κ3) is 3.84. The lowest BCUT2D eigenvalue weighted by molar-refractivity contribution is 0.511. The van der Waals surface area contributed by atoms with Crippen LogP contribution in [-0.2, 0) is 10.8 Å². The fourth-order valence-electron chi connectivity index (χ4n) is 3.91. The summed E-state index contributed by atoms with van der Waals surface area (Å²) in [6.07, 6.45) is 3.71. The molecule has 1 unspecified atom stereocenters. The molecule has 3 heterocycles. The Morgan fingerprint density at radius 1 is 1.04 bits per heavy atom. The van der Waals surface area contributed by atoms with Gasteiger partial charge in [-0.25, -0.2) is 0 Å². The van der Waals surface area contributed by atoms with Crippen molar-refractivity contribution in [3.8, 4) is 0 Å². The summed E-state index contributed by atoms with van der Waals surface area (Å²) in [5.74, 6) is 0. The molecule has 0 spiro atoms. The van der Waals surface area contributed by atoms with Crippen molar-refractivity contribution in [2.45, 2.75) is 64.0 Å². The van der Waals surface area contributed by atoms with Crippen LogP contribution in [0.15, 0.2) is 23.1 Å². The summed E-state index contributed by atoms with van der Waals surface area (Å²) in [7, 11) is 0. The largest absolute Gasteiger partial charge is 0.275 e. The number of rotatable bonds is 4. The molecule has 0 amide bonds. The van der Waals surface area contributed by atoms with E-state index in [0.717, 1.165) is 16.3 Å². The quantitative estimate of drug-likeness (QED) is 0.359. The molecular weight excluding hydrogens is 490 g/mol. The maximum absolute atomic E-state index is 2.52. The summed E-state index contributed by atoms with van der Waals surface area (Å²) < 4.78 is 2.97. The highest BCUT2D eigenvalue weighted by Crippen LogP contribution is 2.53. The number of aryl methyl sites for hydroxylation is 2. The van der Waals surface area contributed by atoms with Crippen LogP contribution in [0.3, 0.4) is 0 Å². The Hall–Kier alpha value is 0.752. The molecule has 0 N–H and O–H groups in total. The average Bonchev–Trinajstić information content (AvgIpc) is 3.18. The summed E-state index contributed by atoms with van der Waals surface area (Å²) in [5.41, 5.74) is 3.30. The number of thiophene rings is 2. The van der Waals surface area contributed by atoms with Gasteiger partial charge in [-0.05, 0) is 65.0 Å². The Balaban J connectivity index is 1.85. The molecule has 0 fully saturated rings. The first-order valence-corrected chi connectivity index (χ1v) is 13.3. The average molecular weight is 517 g/mol. The third-order valence-corrected chi connectivity index (χ3v) is 12.0. The molecule has 5 heteroatoms. The molecule has 0 bridgehead atoms. The molecular formula is C20H26AlIS3. The molecule has 0 saturated heterocycles. The smallest absolute Gasteiger partial charge is 0.163 e. The van der Waals surface area contributed by atoms with Gasteiger partial charge in [-0.1, -0.05) is 43.6 Å². The van der Waals surface area contributed by atoms with E-state index in [2.05, 4.69) is 94.1 Å². The van der Waals surface area contributed by atoms with Gasteiger partial charge in [0.1, 0.15) is 0 Å². The Bertz CT molecular complexity index is 826. The van der Waals surface area contributed by atoms with E-state index in [1.165, 1.54) is 20.4 Å². The molecule has 0 aromatic carbocycles. The van der Waals surface area contributed by atoms with E-state index in [9.17, 15) is 0 Å². The normalized spacial score (nSPS) is 18.7. The SMILES string of the molecule is Cc1c[c]([AlH2])sc1C(C)(C)C1=CCC(C(C)(C)c2sc(I)cc2C)S1. The zero-order chi connectivity index (χ0) is 18.6. The van der Waals surface area contributed by atoms with Gasteiger partial charge in [-0.3, -0.25) is 0 Å². The fraction of sp³-hybridized carbons (Fsp3) is 0.500. The van der Waals surface area contributed by atoms with Gasteiger partial charge in [0, 0.05) is 25.8 Å². The van der Waals surface area contributed by atoms with Crippen molar-refractivity contribution in [3.05, 3.63) is 46.9 Å². The fourth-order valence-corrected chi connectivity index (χ4v) is 9.92. The first kappa shape index (κ1) is 20.5. The van der Waals surface area contributed by atoms with Gasteiger partial charge in [0.15, 0.2) is 0 Å². The van der Waals surface area contributed by atoms with E-state index in [1.807, 2.05) is 22.7 Å². The highest BCUT2D eigenvalue weighted by Gasteiger charge is 2.41. The van der Waals surface area contributed by atoms with E-state index in [-0.39, 0.29) is 10.8 Å². The minimum absolute atomic E-state index is 0.145. The van der Waals surface area contributed by atoms with Crippen molar-refractivity contribution < 1.29 is 0 Å². The second kappa shape index (κ2) is 7.30. The number of hydrogen-bond donors (Lipinski definition) is 0. The molecule has 25 heavy (non-hydrogen) atoms. The van der Waals surface area contributed by atoms with E-state index in [1.54, 1.807) is 18.4 Å². The van der Waals surface area contributed by atoms with Crippen LogP contribution in [-0.4, -0.2) is 21.5 Å². The van der Waals surface area contributed by atoms with Crippen LogP contribution in [0.5, 0.6) is 0 Å². The second-order valence-electron chi connectivity index (χ2n) is 8.19. The summed E-state index contributed by atoms with van der Waals surface area (Å²) in [6, 6.07) is 4.73. The van der Waals surface area contributed by atoms with Gasteiger partial charge < -0.3 is 0 Å². The van der Waals surface area contributed by atoms with Crippen molar-refractivity contribution in [1.29, 1.82) is 0 Å². The zero-order valence-electron chi connectivity index (χ0n) is 16.1. The highest BCUT2D eigenvalue weighted by atomic mass is 127. The standard InChI is InChI=1S/C20H24IS3.Al.2H/c1-12-9-10-22-17(12)19(3,4)14-7-8-15(23-14)20(5,6)18-13(2)11-16(21)24-18;;;/h7,9,11,15H,8H2,1-6H3;;;. The Morgan fingerprint density at radius 2 is 1.68 bits per heavy atom. The Labute approximate surface area is 186 Å². The minimum atomic E-state index is 0.145. The molecule has 3 rings (SSSR count). The molecule has 2 aromatic heterocycles. The third-order valence-electron chi connectivity index (χ3n) is 5.29. The summed E-state index contributed by atoms with van der Waals surface area (Å²) in [5, 5.41) is 0.630. The summed E-state index contributed by atoms with van der Waals surface area (Å²) in [6.45, 7) is 14.3. The molecule has 2 aromatic rings. The summed E-state index contributed by atoms with van der Waals surface area (Å²) in [4.78, 5) is 4.70. The Kier molecular flexibility index (Phi) is 5.98. The number of hydrogen-bond acceptors (Lipinski definition) is 3. The number of thioether (sulfide) groups is 1. The maximum Gasteiger partial charge on any atom is 0.275 e. The van der Waals surface area contributed by atoms with Gasteiger partial charge >= 0.3 is 0 Å². The summed E-state index contributed by atoms with van der Waals surface area (Å²) >= 11 is 9.76. The van der Waals surface area contributed by atoms with E-state index in [0.29, 0.717) is 5.25 Å². The van der Waals surface area contributed by atoms with Gasteiger partial charge in [0.05, 0.1) is 2.88 Å². The second-order valence-corrected chi connectivity index (χ2v) is 15.4. The van der Waals surface area contributed by atoms with Crippen molar-refractivity contribution in [2.75, 3.05) is 0 Å². The van der Waals surface area contributed by atoms with Crippen molar-refractivity contribution in [2.24, 2.45) is 0 Å². The zero-order valence-corrected chi connectivity index (χ0v) is 22.7. The minimum Gasteiger partial charge on any atom is -0.163 e. The lowest BCUT2D eigenvalue weighted by Crippen LogP contribution is -2.30. The lowest BCUT2D eigenvalue weighted by atomic mass is 9.83. The first-order chi connectivity index (χ1) is 11.5. The van der Waals surface area contributed by atoms with E-state index < -0.39 is 0 Å². The van der Waals surface area contributed by atoms with Gasteiger partial charge in [-0.15, -0.1) is 23.1 Å². The van der Waals surface area contributed by atoms with Crippen LogP contribution in [0.1, 0.15) is 55.0 Å².